The minimum Gasteiger partial charge on any atom is -0.459 e. The molecule has 1 fully saturated rings. The Bertz CT molecular complexity index is 366. The van der Waals surface area contributed by atoms with E-state index in [0.29, 0.717) is 32.3 Å². The SMILES string of the molecule is C=C(C)[C@@H]1CC=C(COC(=O)[C@@H]2COCCO2)CC1. The lowest BCUT2D eigenvalue weighted by Gasteiger charge is -2.24. The number of hydrogen-bond acceptors (Lipinski definition) is 4. The lowest BCUT2D eigenvalue weighted by Crippen LogP contribution is -2.37. The third kappa shape index (κ3) is 4.18. The van der Waals surface area contributed by atoms with Crippen molar-refractivity contribution in [3.8, 4) is 0 Å². The lowest BCUT2D eigenvalue weighted by molar-refractivity contribution is -0.169. The number of carbonyl (C=O) groups is 1. The highest BCUT2D eigenvalue weighted by atomic mass is 16.6. The first-order chi connectivity index (χ1) is 9.16. The Hall–Kier alpha value is -1.13. The van der Waals surface area contributed by atoms with E-state index in [2.05, 4.69) is 19.6 Å². The molecule has 4 heteroatoms. The Labute approximate surface area is 114 Å². The molecule has 0 N–H and O–H groups in total. The van der Waals surface area contributed by atoms with Gasteiger partial charge in [0.05, 0.1) is 19.8 Å². The van der Waals surface area contributed by atoms with Crippen LogP contribution >= 0.6 is 0 Å². The quantitative estimate of drug-likeness (QED) is 0.578. The molecule has 0 unspecified atom stereocenters. The molecule has 0 radical (unpaired) electrons. The molecule has 4 nitrogen and oxygen atoms in total. The van der Waals surface area contributed by atoms with E-state index in [-0.39, 0.29) is 5.97 Å². The van der Waals surface area contributed by atoms with Crippen molar-refractivity contribution in [2.45, 2.75) is 32.3 Å². The second kappa shape index (κ2) is 6.87. The smallest absolute Gasteiger partial charge is 0.338 e. The maximum absolute atomic E-state index is 11.7. The Balaban J connectivity index is 1.73. The van der Waals surface area contributed by atoms with E-state index in [1.165, 1.54) is 11.1 Å². The van der Waals surface area contributed by atoms with Crippen LogP contribution in [-0.4, -0.2) is 38.5 Å². The number of hydrogen-bond donors (Lipinski definition) is 0. The van der Waals surface area contributed by atoms with Crippen molar-refractivity contribution in [2.24, 2.45) is 5.92 Å². The molecule has 19 heavy (non-hydrogen) atoms. The van der Waals surface area contributed by atoms with Gasteiger partial charge in [0.2, 0.25) is 0 Å². The van der Waals surface area contributed by atoms with Gasteiger partial charge >= 0.3 is 5.97 Å². The summed E-state index contributed by atoms with van der Waals surface area (Å²) < 4.78 is 15.8. The summed E-state index contributed by atoms with van der Waals surface area (Å²) in [7, 11) is 0. The van der Waals surface area contributed by atoms with Crippen molar-refractivity contribution in [1.82, 2.24) is 0 Å². The molecule has 2 aliphatic rings. The van der Waals surface area contributed by atoms with Crippen molar-refractivity contribution in [3.05, 3.63) is 23.8 Å². The van der Waals surface area contributed by atoms with Crippen LogP contribution in [0.1, 0.15) is 26.2 Å². The van der Waals surface area contributed by atoms with Gasteiger partial charge in [0.1, 0.15) is 6.61 Å². The Morgan fingerprint density at radius 2 is 2.37 bits per heavy atom. The second-order valence-electron chi connectivity index (χ2n) is 5.22. The first-order valence-electron chi connectivity index (χ1n) is 6.86. The van der Waals surface area contributed by atoms with Gasteiger partial charge in [-0.1, -0.05) is 18.2 Å². The fraction of sp³-hybridized carbons (Fsp3) is 0.667. The third-order valence-electron chi connectivity index (χ3n) is 3.68. The summed E-state index contributed by atoms with van der Waals surface area (Å²) >= 11 is 0. The highest BCUT2D eigenvalue weighted by molar-refractivity contribution is 5.75. The fourth-order valence-corrected chi connectivity index (χ4v) is 2.35. The van der Waals surface area contributed by atoms with Gasteiger partial charge in [0.15, 0.2) is 6.10 Å². The number of esters is 1. The zero-order valence-electron chi connectivity index (χ0n) is 11.5. The maximum Gasteiger partial charge on any atom is 0.338 e. The Morgan fingerprint density at radius 1 is 1.53 bits per heavy atom. The predicted molar refractivity (Wildman–Crippen MR) is 71.8 cm³/mol. The van der Waals surface area contributed by atoms with Gasteiger partial charge in [-0.3, -0.25) is 0 Å². The van der Waals surface area contributed by atoms with Crippen molar-refractivity contribution >= 4 is 5.97 Å². The molecular formula is C15H22O4. The van der Waals surface area contributed by atoms with Crippen molar-refractivity contribution in [1.29, 1.82) is 0 Å². The van der Waals surface area contributed by atoms with Crippen LogP contribution in [0.25, 0.3) is 0 Å². The molecule has 106 valence electrons. The van der Waals surface area contributed by atoms with E-state index in [1.807, 2.05) is 0 Å². The summed E-state index contributed by atoms with van der Waals surface area (Å²) in [5.41, 5.74) is 2.43. The van der Waals surface area contributed by atoms with Crippen LogP contribution in [0.2, 0.25) is 0 Å². The second-order valence-corrected chi connectivity index (χ2v) is 5.22. The van der Waals surface area contributed by atoms with E-state index in [1.54, 1.807) is 0 Å². The summed E-state index contributed by atoms with van der Waals surface area (Å²) in [6.45, 7) is 7.76. The molecule has 1 aliphatic heterocycles. The van der Waals surface area contributed by atoms with Gasteiger partial charge in [-0.15, -0.1) is 0 Å². The van der Waals surface area contributed by atoms with Gasteiger partial charge in [0.25, 0.3) is 0 Å². The van der Waals surface area contributed by atoms with Crippen molar-refractivity contribution in [3.63, 3.8) is 0 Å². The standard InChI is InChI=1S/C15H22O4/c1-11(2)13-5-3-12(4-6-13)9-19-15(16)14-10-17-7-8-18-14/h3,13-14H,1,4-10H2,2H3/t13-,14+/m1/s1. The molecule has 0 aromatic rings. The van der Waals surface area contributed by atoms with E-state index >= 15 is 0 Å². The molecule has 0 amide bonds. The molecule has 2 atom stereocenters. The number of ether oxygens (including phenoxy) is 3. The molecular weight excluding hydrogens is 244 g/mol. The molecule has 0 bridgehead atoms. The molecule has 0 saturated carbocycles. The number of allylic oxidation sites excluding steroid dienone is 2. The van der Waals surface area contributed by atoms with Crippen molar-refractivity contribution in [2.75, 3.05) is 26.4 Å². The van der Waals surface area contributed by atoms with Gasteiger partial charge in [-0.05, 0) is 37.7 Å². The highest BCUT2D eigenvalue weighted by Gasteiger charge is 2.24. The van der Waals surface area contributed by atoms with Gasteiger partial charge in [-0.2, -0.15) is 0 Å². The van der Waals surface area contributed by atoms with E-state index in [4.69, 9.17) is 14.2 Å². The Kier molecular flexibility index (Phi) is 5.16. The summed E-state index contributed by atoms with van der Waals surface area (Å²) in [5.74, 6) is 0.261. The maximum atomic E-state index is 11.7. The zero-order valence-corrected chi connectivity index (χ0v) is 11.5. The predicted octanol–water partition coefficient (Wildman–Crippen LogP) is 2.25. The van der Waals surface area contributed by atoms with Crippen LogP contribution in [0.3, 0.4) is 0 Å². The highest BCUT2D eigenvalue weighted by Crippen LogP contribution is 2.28. The van der Waals surface area contributed by atoms with Gasteiger partial charge in [-0.25, -0.2) is 4.79 Å². The molecule has 1 heterocycles. The lowest BCUT2D eigenvalue weighted by atomic mass is 9.86. The Morgan fingerprint density at radius 3 is 2.95 bits per heavy atom. The number of carbonyl (C=O) groups excluding carboxylic acids is 1. The van der Waals surface area contributed by atoms with E-state index in [0.717, 1.165) is 19.3 Å². The summed E-state index contributed by atoms with van der Waals surface area (Å²) in [5, 5.41) is 0. The molecule has 0 aromatic carbocycles. The average molecular weight is 266 g/mol. The normalized spacial score (nSPS) is 27.5. The topological polar surface area (TPSA) is 44.8 Å². The first-order valence-corrected chi connectivity index (χ1v) is 6.86. The number of rotatable bonds is 4. The third-order valence-corrected chi connectivity index (χ3v) is 3.68. The molecule has 1 saturated heterocycles. The molecule has 1 aliphatic carbocycles. The summed E-state index contributed by atoms with van der Waals surface area (Å²) in [4.78, 5) is 11.7. The van der Waals surface area contributed by atoms with E-state index in [9.17, 15) is 4.79 Å². The monoisotopic (exact) mass is 266 g/mol. The minimum absolute atomic E-state index is 0.301. The average Bonchev–Trinajstić information content (AvgIpc) is 2.46. The van der Waals surface area contributed by atoms with Crippen LogP contribution in [0.5, 0.6) is 0 Å². The van der Waals surface area contributed by atoms with Crippen LogP contribution in [0.4, 0.5) is 0 Å². The summed E-state index contributed by atoms with van der Waals surface area (Å²) in [6, 6.07) is 0. The zero-order chi connectivity index (χ0) is 13.7. The van der Waals surface area contributed by atoms with Crippen LogP contribution in [0.15, 0.2) is 23.8 Å². The van der Waals surface area contributed by atoms with Crippen LogP contribution in [0, 0.1) is 5.92 Å². The fourth-order valence-electron chi connectivity index (χ4n) is 2.35. The molecule has 2 rings (SSSR count). The van der Waals surface area contributed by atoms with Gasteiger partial charge in [0, 0.05) is 0 Å². The van der Waals surface area contributed by atoms with Crippen LogP contribution < -0.4 is 0 Å². The minimum atomic E-state index is -0.555. The molecule has 0 aromatic heterocycles. The first kappa shape index (κ1) is 14.3. The van der Waals surface area contributed by atoms with E-state index < -0.39 is 6.10 Å². The van der Waals surface area contributed by atoms with Gasteiger partial charge < -0.3 is 14.2 Å². The summed E-state index contributed by atoms with van der Waals surface area (Å²) in [6.07, 6.45) is 4.70. The van der Waals surface area contributed by atoms with Crippen molar-refractivity contribution < 1.29 is 19.0 Å². The van der Waals surface area contributed by atoms with Crippen LogP contribution in [-0.2, 0) is 19.0 Å². The largest absolute Gasteiger partial charge is 0.459 e. The molecule has 0 spiro atoms.